The van der Waals surface area contributed by atoms with Crippen LogP contribution in [0.4, 0.5) is 0 Å². The van der Waals surface area contributed by atoms with Crippen LogP contribution in [0.15, 0.2) is 50.9 Å². The fraction of sp³-hybridized carbons (Fsp3) is 0. The van der Waals surface area contributed by atoms with Crippen LogP contribution in [0.1, 0.15) is 0 Å². The van der Waals surface area contributed by atoms with Crippen molar-refractivity contribution in [2.24, 2.45) is 0 Å². The number of fused-ring (bicyclic) bond motifs is 1. The van der Waals surface area contributed by atoms with E-state index >= 15 is 0 Å². The van der Waals surface area contributed by atoms with Crippen LogP contribution in [-0.2, 0) is 0 Å². The third-order valence-corrected chi connectivity index (χ3v) is 3.02. The second kappa shape index (κ2) is 3.95. The largest absolute Gasteiger partial charge is 0.334 e. The molecule has 18 heavy (non-hydrogen) atoms. The molecule has 0 fully saturated rings. The van der Waals surface area contributed by atoms with Crippen LogP contribution in [0.25, 0.3) is 11.5 Å². The van der Waals surface area contributed by atoms with E-state index in [0.717, 1.165) is 4.47 Å². The van der Waals surface area contributed by atoms with Crippen molar-refractivity contribution in [1.29, 1.82) is 0 Å². The lowest BCUT2D eigenvalue weighted by molar-refractivity contribution is 0.856. The molecule has 0 atom stereocenters. The monoisotopic (exact) mass is 306 g/mol. The average Bonchev–Trinajstić information content (AvgIpc) is 2.72. The predicted molar refractivity (Wildman–Crippen MR) is 69.1 cm³/mol. The zero-order valence-electron chi connectivity index (χ0n) is 9.00. The zero-order chi connectivity index (χ0) is 12.7. The van der Waals surface area contributed by atoms with Crippen molar-refractivity contribution in [3.05, 3.63) is 62.1 Å². The summed E-state index contributed by atoms with van der Waals surface area (Å²) in [5.41, 5.74) is -0.211. The van der Waals surface area contributed by atoms with E-state index in [9.17, 15) is 9.59 Å². The Bertz CT molecular complexity index is 846. The van der Waals surface area contributed by atoms with Gasteiger partial charge in [-0.15, -0.1) is 0 Å². The molecule has 3 aromatic heterocycles. The first kappa shape index (κ1) is 11.0. The lowest BCUT2D eigenvalue weighted by Crippen LogP contribution is -2.28. The molecule has 0 unspecified atom stereocenters. The number of nitrogens with zero attached hydrogens (tertiary/aromatic N) is 3. The molecule has 0 bridgehead atoms. The molecule has 7 heteroatoms. The van der Waals surface area contributed by atoms with Gasteiger partial charge >= 0.3 is 5.69 Å². The molecular weight excluding hydrogens is 300 g/mol. The third kappa shape index (κ3) is 1.68. The number of halogens is 1. The maximum Gasteiger partial charge on any atom is 0.334 e. The van der Waals surface area contributed by atoms with Crippen molar-refractivity contribution in [3.63, 3.8) is 0 Å². The fourth-order valence-electron chi connectivity index (χ4n) is 1.72. The first-order chi connectivity index (χ1) is 8.65. The highest BCUT2D eigenvalue weighted by Gasteiger charge is 2.07. The molecule has 3 rings (SSSR count). The number of H-pyrrole nitrogens is 1. The summed E-state index contributed by atoms with van der Waals surface area (Å²) in [7, 11) is 0. The Kier molecular flexibility index (Phi) is 2.41. The van der Waals surface area contributed by atoms with Gasteiger partial charge in [0.25, 0.3) is 5.56 Å². The molecule has 3 heterocycles. The smallest absolute Gasteiger partial charge is 0.286 e. The SMILES string of the molecule is O=c1ccn(-c2cnc3cc(Br)ccn23)c(=O)[nH]1. The molecule has 0 aliphatic carbocycles. The van der Waals surface area contributed by atoms with Gasteiger partial charge < -0.3 is 0 Å². The van der Waals surface area contributed by atoms with E-state index in [4.69, 9.17) is 0 Å². The fourth-order valence-corrected chi connectivity index (χ4v) is 2.04. The lowest BCUT2D eigenvalue weighted by atomic mass is 10.5. The molecule has 6 nitrogen and oxygen atoms in total. The zero-order valence-corrected chi connectivity index (χ0v) is 10.6. The highest BCUT2D eigenvalue weighted by Crippen LogP contribution is 2.15. The number of hydrogen-bond acceptors (Lipinski definition) is 3. The molecule has 1 N–H and O–H groups in total. The number of aromatic nitrogens is 4. The number of imidazole rings is 1. The molecule has 0 aromatic carbocycles. The van der Waals surface area contributed by atoms with Crippen LogP contribution < -0.4 is 11.2 Å². The van der Waals surface area contributed by atoms with Gasteiger partial charge in [0.05, 0.1) is 6.20 Å². The van der Waals surface area contributed by atoms with Gasteiger partial charge in [-0.25, -0.2) is 9.78 Å². The number of aromatic amines is 1. The molecule has 0 aliphatic heterocycles. The minimum absolute atomic E-state index is 0.423. The summed E-state index contributed by atoms with van der Waals surface area (Å²) in [5.74, 6) is 0.568. The van der Waals surface area contributed by atoms with Gasteiger partial charge in [-0.2, -0.15) is 0 Å². The van der Waals surface area contributed by atoms with Crippen molar-refractivity contribution < 1.29 is 0 Å². The van der Waals surface area contributed by atoms with Crippen molar-refractivity contribution in [3.8, 4) is 5.82 Å². The van der Waals surface area contributed by atoms with Crippen LogP contribution in [-0.4, -0.2) is 18.9 Å². The maximum atomic E-state index is 11.7. The average molecular weight is 307 g/mol. The minimum Gasteiger partial charge on any atom is -0.286 e. The minimum atomic E-state index is -0.493. The predicted octanol–water partition coefficient (Wildman–Crippen LogP) is 0.936. The van der Waals surface area contributed by atoms with Crippen molar-refractivity contribution >= 4 is 21.6 Å². The Labute approximate surface area is 109 Å². The second-order valence-electron chi connectivity index (χ2n) is 3.67. The second-order valence-corrected chi connectivity index (χ2v) is 4.59. The van der Waals surface area contributed by atoms with Crippen LogP contribution in [0.2, 0.25) is 0 Å². The van der Waals surface area contributed by atoms with Crippen molar-refractivity contribution in [1.82, 2.24) is 18.9 Å². The van der Waals surface area contributed by atoms with Gasteiger partial charge in [0, 0.05) is 22.9 Å². The van der Waals surface area contributed by atoms with Crippen LogP contribution in [0.5, 0.6) is 0 Å². The third-order valence-electron chi connectivity index (χ3n) is 2.53. The van der Waals surface area contributed by atoms with Gasteiger partial charge in [0.15, 0.2) is 0 Å². The molecule has 0 saturated carbocycles. The molecule has 0 amide bonds. The van der Waals surface area contributed by atoms with E-state index in [1.54, 1.807) is 16.8 Å². The van der Waals surface area contributed by atoms with E-state index < -0.39 is 11.2 Å². The molecule has 0 saturated heterocycles. The number of nitrogens with one attached hydrogen (secondary N) is 1. The summed E-state index contributed by atoms with van der Waals surface area (Å²) in [6.07, 6.45) is 4.79. The van der Waals surface area contributed by atoms with E-state index in [1.807, 2.05) is 12.1 Å². The van der Waals surface area contributed by atoms with E-state index in [1.165, 1.54) is 16.8 Å². The number of rotatable bonds is 1. The van der Waals surface area contributed by atoms with Gasteiger partial charge in [-0.1, -0.05) is 15.9 Å². The number of pyridine rings is 1. The molecule has 3 aromatic rings. The first-order valence-corrected chi connectivity index (χ1v) is 5.89. The molecular formula is C11H7BrN4O2. The Morgan fingerprint density at radius 3 is 2.83 bits per heavy atom. The molecule has 0 spiro atoms. The van der Waals surface area contributed by atoms with Crippen molar-refractivity contribution in [2.45, 2.75) is 0 Å². The summed E-state index contributed by atoms with van der Waals surface area (Å²) in [4.78, 5) is 29.1. The normalized spacial score (nSPS) is 10.9. The Hall–Kier alpha value is -2.15. The highest BCUT2D eigenvalue weighted by molar-refractivity contribution is 9.10. The van der Waals surface area contributed by atoms with E-state index in [2.05, 4.69) is 25.9 Å². The molecule has 0 aliphatic rings. The summed E-state index contributed by atoms with van der Waals surface area (Å²) in [6, 6.07) is 4.97. The van der Waals surface area contributed by atoms with Crippen LogP contribution in [0.3, 0.4) is 0 Å². The van der Waals surface area contributed by atoms with Gasteiger partial charge in [0.2, 0.25) is 0 Å². The molecule has 90 valence electrons. The highest BCUT2D eigenvalue weighted by atomic mass is 79.9. The lowest BCUT2D eigenvalue weighted by Gasteiger charge is -2.03. The summed E-state index contributed by atoms with van der Waals surface area (Å²) in [6.45, 7) is 0. The standard InChI is InChI=1S/C11H7BrN4O2/c12-7-1-3-15-8(5-7)13-6-10(15)16-4-2-9(17)14-11(16)18/h1-6H,(H,14,17,18). The Balaban J connectivity index is 2.32. The van der Waals surface area contributed by atoms with E-state index in [0.29, 0.717) is 11.5 Å². The van der Waals surface area contributed by atoms with Crippen LogP contribution in [0, 0.1) is 0 Å². The van der Waals surface area contributed by atoms with E-state index in [-0.39, 0.29) is 0 Å². The first-order valence-electron chi connectivity index (χ1n) is 5.10. The van der Waals surface area contributed by atoms with Gasteiger partial charge in [-0.3, -0.25) is 18.7 Å². The molecule has 0 radical (unpaired) electrons. The Morgan fingerprint density at radius 2 is 2.06 bits per heavy atom. The topological polar surface area (TPSA) is 72.2 Å². The Morgan fingerprint density at radius 1 is 1.22 bits per heavy atom. The quantitative estimate of drug-likeness (QED) is 0.727. The number of hydrogen-bond donors (Lipinski definition) is 1. The van der Waals surface area contributed by atoms with Crippen molar-refractivity contribution in [2.75, 3.05) is 0 Å². The summed E-state index contributed by atoms with van der Waals surface area (Å²) < 4.78 is 3.99. The van der Waals surface area contributed by atoms with Gasteiger partial charge in [0.1, 0.15) is 11.5 Å². The van der Waals surface area contributed by atoms with Gasteiger partial charge in [-0.05, 0) is 12.1 Å². The van der Waals surface area contributed by atoms with Crippen LogP contribution >= 0.6 is 15.9 Å². The summed E-state index contributed by atoms with van der Waals surface area (Å²) in [5, 5.41) is 0. The summed E-state index contributed by atoms with van der Waals surface area (Å²) >= 11 is 3.35. The maximum absolute atomic E-state index is 11.7.